The number of nitrogens with one attached hydrogen (secondary N) is 2. The zero-order valence-corrected chi connectivity index (χ0v) is 13.8. The first-order valence-corrected chi connectivity index (χ1v) is 8.30. The molecule has 120 valence electrons. The molecule has 0 saturated carbocycles. The molecule has 0 aliphatic carbocycles. The molecule has 21 heavy (non-hydrogen) atoms. The van der Waals surface area contributed by atoms with E-state index in [9.17, 15) is 13.5 Å². The van der Waals surface area contributed by atoms with Gasteiger partial charge in [0.05, 0.1) is 5.69 Å². The minimum Gasteiger partial charge on any atom is -0.399 e. The highest BCUT2D eigenvalue weighted by molar-refractivity contribution is 7.89. The highest BCUT2D eigenvalue weighted by Crippen LogP contribution is 2.30. The van der Waals surface area contributed by atoms with Gasteiger partial charge in [0, 0.05) is 18.3 Å². The Morgan fingerprint density at radius 3 is 2.43 bits per heavy atom. The van der Waals surface area contributed by atoms with Crippen molar-refractivity contribution in [1.29, 1.82) is 0 Å². The van der Waals surface area contributed by atoms with Crippen LogP contribution >= 0.6 is 0 Å². The Bertz CT molecular complexity index is 580. The topological polar surface area (TPSA) is 104 Å². The lowest BCUT2D eigenvalue weighted by Gasteiger charge is -2.32. The molecule has 0 aromatic heterocycles. The van der Waals surface area contributed by atoms with Crippen molar-refractivity contribution in [2.45, 2.75) is 38.1 Å². The summed E-state index contributed by atoms with van der Waals surface area (Å²) in [6.45, 7) is 6.12. The van der Waals surface area contributed by atoms with Crippen LogP contribution in [-0.2, 0) is 10.0 Å². The molecule has 1 aromatic carbocycles. The van der Waals surface area contributed by atoms with Gasteiger partial charge in [-0.25, -0.2) is 13.1 Å². The van der Waals surface area contributed by atoms with Gasteiger partial charge < -0.3 is 16.2 Å². The standard InChI is InChI=1S/C14H25N3O3S/c1-14(2,3)13(7-8-18)17-11-6-5-10(15)9-12(11)21(19,20)16-4/h5-6,9,13,16-18H,7-8,15H2,1-4H3. The molecule has 0 fully saturated rings. The molecule has 0 aliphatic heterocycles. The minimum absolute atomic E-state index is 0.0258. The number of hydrogen-bond donors (Lipinski definition) is 4. The summed E-state index contributed by atoms with van der Waals surface area (Å²) in [7, 11) is -2.25. The summed E-state index contributed by atoms with van der Waals surface area (Å²) < 4.78 is 26.5. The molecule has 6 nitrogen and oxygen atoms in total. The van der Waals surface area contributed by atoms with E-state index < -0.39 is 10.0 Å². The maximum Gasteiger partial charge on any atom is 0.242 e. The highest BCUT2D eigenvalue weighted by Gasteiger charge is 2.26. The van der Waals surface area contributed by atoms with E-state index in [0.29, 0.717) is 17.8 Å². The third-order valence-corrected chi connectivity index (χ3v) is 4.81. The lowest BCUT2D eigenvalue weighted by molar-refractivity contribution is 0.235. The third kappa shape index (κ3) is 4.59. The maximum absolute atomic E-state index is 12.1. The van der Waals surface area contributed by atoms with Crippen LogP contribution in [0.1, 0.15) is 27.2 Å². The Labute approximate surface area is 126 Å². The van der Waals surface area contributed by atoms with Crippen LogP contribution in [0.4, 0.5) is 11.4 Å². The summed E-state index contributed by atoms with van der Waals surface area (Å²) in [5.41, 5.74) is 6.42. The molecule has 0 spiro atoms. The van der Waals surface area contributed by atoms with Gasteiger partial charge in [-0.3, -0.25) is 0 Å². The van der Waals surface area contributed by atoms with Gasteiger partial charge in [0.25, 0.3) is 0 Å². The number of anilines is 2. The van der Waals surface area contributed by atoms with Gasteiger partial charge in [-0.1, -0.05) is 20.8 Å². The van der Waals surface area contributed by atoms with Crippen LogP contribution in [0, 0.1) is 5.41 Å². The first-order chi connectivity index (χ1) is 9.61. The van der Waals surface area contributed by atoms with Crippen LogP contribution in [0.5, 0.6) is 0 Å². The van der Waals surface area contributed by atoms with Gasteiger partial charge in [0.15, 0.2) is 0 Å². The summed E-state index contributed by atoms with van der Waals surface area (Å²) in [5.74, 6) is 0. The second-order valence-corrected chi connectivity index (χ2v) is 7.89. The Morgan fingerprint density at radius 1 is 1.33 bits per heavy atom. The van der Waals surface area contributed by atoms with Gasteiger partial charge >= 0.3 is 0 Å². The van der Waals surface area contributed by atoms with Crippen molar-refractivity contribution < 1.29 is 13.5 Å². The van der Waals surface area contributed by atoms with Crippen molar-refractivity contribution in [3.63, 3.8) is 0 Å². The number of sulfonamides is 1. The van der Waals surface area contributed by atoms with Crippen molar-refractivity contribution in [2.75, 3.05) is 24.7 Å². The van der Waals surface area contributed by atoms with Crippen LogP contribution in [-0.4, -0.2) is 33.2 Å². The average molecular weight is 315 g/mol. The molecule has 1 atom stereocenters. The first-order valence-electron chi connectivity index (χ1n) is 6.82. The summed E-state index contributed by atoms with van der Waals surface area (Å²) in [4.78, 5) is 0.109. The van der Waals surface area contributed by atoms with E-state index in [1.807, 2.05) is 20.8 Å². The number of benzene rings is 1. The third-order valence-electron chi connectivity index (χ3n) is 3.36. The lowest BCUT2D eigenvalue weighted by Crippen LogP contribution is -2.35. The van der Waals surface area contributed by atoms with Crippen molar-refractivity contribution in [2.24, 2.45) is 5.41 Å². The lowest BCUT2D eigenvalue weighted by atomic mass is 9.85. The summed E-state index contributed by atoms with van der Waals surface area (Å²) >= 11 is 0. The summed E-state index contributed by atoms with van der Waals surface area (Å²) in [6.07, 6.45) is 0.521. The number of hydrogen-bond acceptors (Lipinski definition) is 5. The normalized spacial score (nSPS) is 14.0. The molecular weight excluding hydrogens is 290 g/mol. The van der Waals surface area contributed by atoms with Crippen LogP contribution in [0.3, 0.4) is 0 Å². The molecule has 5 N–H and O–H groups in total. The van der Waals surface area contributed by atoms with E-state index in [1.165, 1.54) is 13.1 Å². The second-order valence-electron chi connectivity index (χ2n) is 6.04. The SMILES string of the molecule is CNS(=O)(=O)c1cc(N)ccc1NC(CCO)C(C)(C)C. The van der Waals surface area contributed by atoms with E-state index in [2.05, 4.69) is 10.0 Å². The average Bonchev–Trinajstić information content (AvgIpc) is 2.38. The fourth-order valence-electron chi connectivity index (χ4n) is 2.03. The van der Waals surface area contributed by atoms with Crippen molar-refractivity contribution in [1.82, 2.24) is 4.72 Å². The molecule has 1 unspecified atom stereocenters. The summed E-state index contributed by atoms with van der Waals surface area (Å²) in [6, 6.07) is 4.65. The van der Waals surface area contributed by atoms with E-state index in [-0.39, 0.29) is 23.0 Å². The van der Waals surface area contributed by atoms with E-state index in [1.54, 1.807) is 12.1 Å². The molecule has 1 aromatic rings. The number of aliphatic hydroxyl groups excluding tert-OH is 1. The number of nitrogens with two attached hydrogens (primary N) is 1. The smallest absolute Gasteiger partial charge is 0.242 e. The van der Waals surface area contributed by atoms with Gasteiger partial charge in [0.1, 0.15) is 4.90 Å². The second kappa shape index (κ2) is 6.64. The Kier molecular flexibility index (Phi) is 5.61. The molecule has 1 rings (SSSR count). The Balaban J connectivity index is 3.24. The molecule has 0 saturated heterocycles. The molecule has 0 aliphatic rings. The number of nitrogen functional groups attached to an aromatic ring is 1. The van der Waals surface area contributed by atoms with Crippen LogP contribution in [0.2, 0.25) is 0 Å². The van der Waals surface area contributed by atoms with Crippen LogP contribution < -0.4 is 15.8 Å². The van der Waals surface area contributed by atoms with Crippen LogP contribution in [0.15, 0.2) is 23.1 Å². The van der Waals surface area contributed by atoms with Crippen molar-refractivity contribution in [3.05, 3.63) is 18.2 Å². The first kappa shape index (κ1) is 17.7. The zero-order valence-electron chi connectivity index (χ0n) is 13.0. The van der Waals surface area contributed by atoms with Gasteiger partial charge in [0.2, 0.25) is 10.0 Å². The van der Waals surface area contributed by atoms with E-state index in [0.717, 1.165) is 0 Å². The van der Waals surface area contributed by atoms with Crippen molar-refractivity contribution in [3.8, 4) is 0 Å². The zero-order chi connectivity index (χ0) is 16.3. The van der Waals surface area contributed by atoms with Crippen molar-refractivity contribution >= 4 is 21.4 Å². The highest BCUT2D eigenvalue weighted by atomic mass is 32.2. The Morgan fingerprint density at radius 2 is 1.95 bits per heavy atom. The molecule has 7 heteroatoms. The minimum atomic E-state index is -3.61. The fourth-order valence-corrected chi connectivity index (χ4v) is 2.96. The van der Waals surface area contributed by atoms with Gasteiger partial charge in [-0.15, -0.1) is 0 Å². The molecule has 0 radical (unpaired) electrons. The fraction of sp³-hybridized carbons (Fsp3) is 0.571. The summed E-state index contributed by atoms with van der Waals surface area (Å²) in [5, 5.41) is 12.4. The largest absolute Gasteiger partial charge is 0.399 e. The predicted molar refractivity (Wildman–Crippen MR) is 85.7 cm³/mol. The predicted octanol–water partition coefficient (Wildman–Crippen LogP) is 1.39. The molecular formula is C14H25N3O3S. The quantitative estimate of drug-likeness (QED) is 0.594. The Hall–Kier alpha value is -1.31. The maximum atomic E-state index is 12.1. The van der Waals surface area contributed by atoms with Gasteiger partial charge in [-0.05, 0) is 37.1 Å². The molecule has 0 amide bonds. The number of rotatable bonds is 6. The van der Waals surface area contributed by atoms with E-state index in [4.69, 9.17) is 5.73 Å². The number of aliphatic hydroxyl groups is 1. The van der Waals surface area contributed by atoms with Crippen LogP contribution in [0.25, 0.3) is 0 Å². The van der Waals surface area contributed by atoms with E-state index >= 15 is 0 Å². The molecule has 0 bridgehead atoms. The molecule has 0 heterocycles. The monoisotopic (exact) mass is 315 g/mol. The van der Waals surface area contributed by atoms with Gasteiger partial charge in [-0.2, -0.15) is 0 Å².